The summed E-state index contributed by atoms with van der Waals surface area (Å²) in [5, 5.41) is 9.90. The summed E-state index contributed by atoms with van der Waals surface area (Å²) in [5.41, 5.74) is 1.40. The van der Waals surface area contributed by atoms with E-state index in [1.165, 1.54) is 6.92 Å². The number of ketones is 1. The standard InChI is InChI=1S/C15H23NO3/c1-11(2)16(7-8-19-4)10-14-9-13(12(3)17)5-6-15(14)18/h5-6,9,11,18H,7-8,10H2,1-4H3. The first-order chi connectivity index (χ1) is 8.95. The fraction of sp³-hybridized carbons (Fsp3) is 0.533. The van der Waals surface area contributed by atoms with Gasteiger partial charge in [-0.3, -0.25) is 9.69 Å². The van der Waals surface area contributed by atoms with Crippen molar-refractivity contribution in [2.24, 2.45) is 0 Å². The van der Waals surface area contributed by atoms with Gasteiger partial charge < -0.3 is 9.84 Å². The summed E-state index contributed by atoms with van der Waals surface area (Å²) >= 11 is 0. The predicted octanol–water partition coefficient (Wildman–Crippen LogP) is 2.45. The predicted molar refractivity (Wildman–Crippen MR) is 75.5 cm³/mol. The maximum Gasteiger partial charge on any atom is 0.159 e. The lowest BCUT2D eigenvalue weighted by Crippen LogP contribution is -2.33. The van der Waals surface area contributed by atoms with Crippen LogP contribution in [0, 0.1) is 0 Å². The Morgan fingerprint density at radius 3 is 2.63 bits per heavy atom. The van der Waals surface area contributed by atoms with Crippen LogP contribution < -0.4 is 0 Å². The molecule has 0 saturated heterocycles. The molecule has 0 spiro atoms. The average molecular weight is 265 g/mol. The molecule has 0 aliphatic rings. The van der Waals surface area contributed by atoms with E-state index in [2.05, 4.69) is 18.7 Å². The Morgan fingerprint density at radius 1 is 1.42 bits per heavy atom. The molecule has 0 radical (unpaired) electrons. The molecule has 19 heavy (non-hydrogen) atoms. The van der Waals surface area contributed by atoms with Crippen LogP contribution in [-0.2, 0) is 11.3 Å². The van der Waals surface area contributed by atoms with Crippen LogP contribution in [0.1, 0.15) is 36.7 Å². The molecule has 0 aromatic heterocycles. The second kappa shape index (κ2) is 7.26. The van der Waals surface area contributed by atoms with Crippen molar-refractivity contribution in [1.82, 2.24) is 4.90 Å². The number of carbonyl (C=O) groups excluding carboxylic acids is 1. The highest BCUT2D eigenvalue weighted by molar-refractivity contribution is 5.94. The van der Waals surface area contributed by atoms with E-state index in [0.29, 0.717) is 24.8 Å². The summed E-state index contributed by atoms with van der Waals surface area (Å²) in [6.45, 7) is 7.77. The molecular formula is C15H23NO3. The lowest BCUT2D eigenvalue weighted by Gasteiger charge is -2.26. The first-order valence-corrected chi connectivity index (χ1v) is 6.51. The van der Waals surface area contributed by atoms with E-state index in [0.717, 1.165) is 12.1 Å². The average Bonchev–Trinajstić information content (AvgIpc) is 2.35. The molecule has 0 unspecified atom stereocenters. The molecule has 4 heteroatoms. The molecule has 0 atom stereocenters. The van der Waals surface area contributed by atoms with Gasteiger partial charge in [-0.05, 0) is 39.0 Å². The van der Waals surface area contributed by atoms with Gasteiger partial charge in [0.2, 0.25) is 0 Å². The maximum absolute atomic E-state index is 11.4. The Bertz CT molecular complexity index is 429. The smallest absolute Gasteiger partial charge is 0.159 e. The molecule has 1 N–H and O–H groups in total. The number of methoxy groups -OCH3 is 1. The zero-order valence-electron chi connectivity index (χ0n) is 12.1. The Kier molecular flexibility index (Phi) is 5.99. The lowest BCUT2D eigenvalue weighted by molar-refractivity contribution is 0.101. The fourth-order valence-electron chi connectivity index (χ4n) is 1.88. The van der Waals surface area contributed by atoms with Gasteiger partial charge in [-0.2, -0.15) is 0 Å². The van der Waals surface area contributed by atoms with E-state index in [1.807, 2.05) is 0 Å². The zero-order chi connectivity index (χ0) is 14.4. The molecule has 0 amide bonds. The summed E-state index contributed by atoms with van der Waals surface area (Å²) in [6, 6.07) is 5.34. The molecule has 1 aromatic carbocycles. The molecule has 4 nitrogen and oxygen atoms in total. The number of rotatable bonds is 7. The van der Waals surface area contributed by atoms with Crippen LogP contribution in [0.4, 0.5) is 0 Å². The van der Waals surface area contributed by atoms with Gasteiger partial charge in [0.1, 0.15) is 5.75 Å². The third-order valence-corrected chi connectivity index (χ3v) is 3.17. The quantitative estimate of drug-likeness (QED) is 0.769. The summed E-state index contributed by atoms with van der Waals surface area (Å²) in [6.07, 6.45) is 0. The minimum Gasteiger partial charge on any atom is -0.508 e. The van der Waals surface area contributed by atoms with Gasteiger partial charge in [-0.25, -0.2) is 0 Å². The van der Waals surface area contributed by atoms with Crippen molar-refractivity contribution in [1.29, 1.82) is 0 Å². The van der Waals surface area contributed by atoms with E-state index in [4.69, 9.17) is 4.74 Å². The number of carbonyl (C=O) groups is 1. The number of Topliss-reactive ketones (excluding diaryl/α,β-unsaturated/α-hetero) is 1. The molecule has 0 aliphatic heterocycles. The van der Waals surface area contributed by atoms with Gasteiger partial charge in [0, 0.05) is 37.4 Å². The van der Waals surface area contributed by atoms with Crippen molar-refractivity contribution in [2.75, 3.05) is 20.3 Å². The molecule has 1 rings (SSSR count). The van der Waals surface area contributed by atoms with Gasteiger partial charge in [-0.1, -0.05) is 0 Å². The number of hydrogen-bond donors (Lipinski definition) is 1. The third kappa shape index (κ3) is 4.65. The zero-order valence-corrected chi connectivity index (χ0v) is 12.1. The number of phenols is 1. The minimum absolute atomic E-state index is 0.00855. The van der Waals surface area contributed by atoms with E-state index >= 15 is 0 Å². The van der Waals surface area contributed by atoms with Gasteiger partial charge in [0.15, 0.2) is 5.78 Å². The molecule has 0 heterocycles. The summed E-state index contributed by atoms with van der Waals surface area (Å²) in [5.74, 6) is 0.238. The monoisotopic (exact) mass is 265 g/mol. The highest BCUT2D eigenvalue weighted by Crippen LogP contribution is 2.21. The molecular weight excluding hydrogens is 242 g/mol. The Hall–Kier alpha value is -1.39. The maximum atomic E-state index is 11.4. The van der Waals surface area contributed by atoms with E-state index in [9.17, 15) is 9.90 Å². The van der Waals surface area contributed by atoms with Crippen molar-refractivity contribution in [3.63, 3.8) is 0 Å². The Balaban J connectivity index is 2.88. The molecule has 1 aromatic rings. The van der Waals surface area contributed by atoms with Crippen LogP contribution in [0.2, 0.25) is 0 Å². The Labute approximate surface area is 115 Å². The SMILES string of the molecule is COCCN(Cc1cc(C(C)=O)ccc1O)C(C)C. The summed E-state index contributed by atoms with van der Waals surface area (Å²) in [7, 11) is 1.67. The van der Waals surface area contributed by atoms with Crippen LogP contribution in [0.25, 0.3) is 0 Å². The molecule has 106 valence electrons. The topological polar surface area (TPSA) is 49.8 Å². The summed E-state index contributed by atoms with van der Waals surface area (Å²) < 4.78 is 5.09. The third-order valence-electron chi connectivity index (χ3n) is 3.17. The number of hydrogen-bond acceptors (Lipinski definition) is 4. The van der Waals surface area contributed by atoms with Crippen LogP contribution >= 0.6 is 0 Å². The van der Waals surface area contributed by atoms with Crippen LogP contribution in [-0.4, -0.2) is 42.1 Å². The minimum atomic E-state index is 0.00855. The molecule has 0 aliphatic carbocycles. The van der Waals surface area contributed by atoms with Crippen molar-refractivity contribution in [3.8, 4) is 5.75 Å². The van der Waals surface area contributed by atoms with Gasteiger partial charge in [0.25, 0.3) is 0 Å². The van der Waals surface area contributed by atoms with E-state index < -0.39 is 0 Å². The number of aromatic hydroxyl groups is 1. The number of phenolic OH excluding ortho intramolecular Hbond substituents is 1. The largest absolute Gasteiger partial charge is 0.508 e. The van der Waals surface area contributed by atoms with Crippen LogP contribution in [0.3, 0.4) is 0 Å². The van der Waals surface area contributed by atoms with Crippen LogP contribution in [0.15, 0.2) is 18.2 Å². The molecule has 0 fully saturated rings. The highest BCUT2D eigenvalue weighted by Gasteiger charge is 2.13. The van der Waals surface area contributed by atoms with Gasteiger partial charge >= 0.3 is 0 Å². The number of ether oxygens (including phenoxy) is 1. The van der Waals surface area contributed by atoms with Gasteiger partial charge in [-0.15, -0.1) is 0 Å². The van der Waals surface area contributed by atoms with Gasteiger partial charge in [0.05, 0.1) is 6.61 Å². The summed E-state index contributed by atoms with van der Waals surface area (Å²) in [4.78, 5) is 13.6. The lowest BCUT2D eigenvalue weighted by atomic mass is 10.1. The second-order valence-electron chi connectivity index (χ2n) is 4.96. The second-order valence-corrected chi connectivity index (χ2v) is 4.96. The normalized spacial score (nSPS) is 11.3. The number of benzene rings is 1. The first-order valence-electron chi connectivity index (χ1n) is 6.51. The van der Waals surface area contributed by atoms with Crippen molar-refractivity contribution in [2.45, 2.75) is 33.4 Å². The highest BCUT2D eigenvalue weighted by atomic mass is 16.5. The van der Waals surface area contributed by atoms with Crippen LogP contribution in [0.5, 0.6) is 5.75 Å². The fourth-order valence-corrected chi connectivity index (χ4v) is 1.88. The van der Waals surface area contributed by atoms with Crippen molar-refractivity contribution < 1.29 is 14.6 Å². The van der Waals surface area contributed by atoms with Crippen molar-refractivity contribution in [3.05, 3.63) is 29.3 Å². The van der Waals surface area contributed by atoms with E-state index in [1.54, 1.807) is 25.3 Å². The molecule has 0 saturated carbocycles. The Morgan fingerprint density at radius 2 is 2.11 bits per heavy atom. The molecule has 0 bridgehead atoms. The first kappa shape index (κ1) is 15.7. The number of nitrogens with zero attached hydrogens (tertiary/aromatic N) is 1. The van der Waals surface area contributed by atoms with Crippen molar-refractivity contribution >= 4 is 5.78 Å². The van der Waals surface area contributed by atoms with E-state index in [-0.39, 0.29) is 11.5 Å².